The summed E-state index contributed by atoms with van der Waals surface area (Å²) in [6, 6.07) is 54.5. The SMILES string of the molecule is [2H]N[PH](=O)C(C)=O.[U].c1ccc(-c2ccc(-c3cccc4c5ccccc5n(-c5nc(-c6ccccc6)nc(-c6ccccc6)n5)c34)cc2)cc1. The van der Waals surface area contributed by atoms with Gasteiger partial charge in [0.25, 0.3) is 0 Å². The predicted octanol–water partition coefficient (Wildman–Crippen LogP) is 9.60. The minimum atomic E-state index is -2.42. The first kappa shape index (κ1) is 33.5. The van der Waals surface area contributed by atoms with Crippen LogP contribution in [0.4, 0.5) is 0 Å². The van der Waals surface area contributed by atoms with Crippen LogP contribution in [0.5, 0.6) is 0 Å². The molecule has 0 saturated heterocycles. The summed E-state index contributed by atoms with van der Waals surface area (Å²) in [5.74, 6) is 1.87. The second-order valence-electron chi connectivity index (χ2n) is 11.4. The Kier molecular flexibility index (Phi) is 10.5. The quantitative estimate of drug-likeness (QED) is 0.160. The Morgan fingerprint density at radius 1 is 0.580 bits per heavy atom. The van der Waals surface area contributed by atoms with Gasteiger partial charge in [0.1, 0.15) is 1.41 Å². The van der Waals surface area contributed by atoms with E-state index in [1.165, 1.54) is 18.1 Å². The Morgan fingerprint density at radius 3 is 1.60 bits per heavy atom. The fourth-order valence-corrected chi connectivity index (χ4v) is 5.83. The van der Waals surface area contributed by atoms with Crippen molar-refractivity contribution in [3.63, 3.8) is 0 Å². The summed E-state index contributed by atoms with van der Waals surface area (Å²) >= 11 is 0. The monoisotopic (exact) mass is 896 g/mol. The van der Waals surface area contributed by atoms with Gasteiger partial charge in [-0.15, -0.1) is 0 Å². The van der Waals surface area contributed by atoms with E-state index in [1.54, 1.807) is 5.50 Å². The molecule has 242 valence electrons. The number of carbonyl (C=O) groups excluding carboxylic acids is 1. The third-order valence-electron chi connectivity index (χ3n) is 8.21. The minimum absolute atomic E-state index is 0. The molecule has 8 aromatic rings. The molecule has 50 heavy (non-hydrogen) atoms. The molecular formula is C41H32N5O2PU. The zero-order valence-corrected chi connectivity index (χ0v) is 32.3. The van der Waals surface area contributed by atoms with E-state index in [0.29, 0.717) is 17.6 Å². The predicted molar refractivity (Wildman–Crippen MR) is 200 cm³/mol. The molecule has 0 aliphatic heterocycles. The maximum atomic E-state index is 10.0. The maximum Gasteiger partial charge on any atom is 0.238 e. The summed E-state index contributed by atoms with van der Waals surface area (Å²) in [4.78, 5) is 25.1. The Hall–Kier alpha value is -4.96. The summed E-state index contributed by atoms with van der Waals surface area (Å²) in [5.41, 5.74) is 9.81. The van der Waals surface area contributed by atoms with Gasteiger partial charge in [0, 0.05) is 65.5 Å². The average Bonchev–Trinajstić information content (AvgIpc) is 3.53. The van der Waals surface area contributed by atoms with Gasteiger partial charge < -0.3 is 4.57 Å². The number of hydrogen-bond acceptors (Lipinski definition) is 5. The standard InChI is InChI=1S/C39H26N4.C2H6NO2P.U/c1-4-13-27(14-5-1)28-23-25-29(26-24-28)32-20-12-21-34-33-19-10-11-22-35(33)43(36(32)34)39-41-37(30-15-6-2-7-16-30)40-38(42-39)31-17-8-3-9-18-31;1-2(4)6(3)5;/h1-26H;6H,1H3,(H2,3,5);/i/hD. The van der Waals surface area contributed by atoms with Crippen LogP contribution < -0.4 is 5.50 Å². The van der Waals surface area contributed by atoms with Gasteiger partial charge in [0.15, 0.2) is 25.1 Å². The van der Waals surface area contributed by atoms with Gasteiger partial charge in [-0.1, -0.05) is 152 Å². The molecule has 1 unspecified atom stereocenters. The van der Waals surface area contributed by atoms with E-state index in [2.05, 4.69) is 95.6 Å². The van der Waals surface area contributed by atoms with Crippen LogP contribution in [0.15, 0.2) is 158 Å². The zero-order chi connectivity index (χ0) is 34.5. The van der Waals surface area contributed by atoms with E-state index in [1.807, 2.05) is 66.7 Å². The van der Waals surface area contributed by atoms with Crippen LogP contribution in [-0.2, 0) is 9.36 Å². The third-order valence-corrected chi connectivity index (χ3v) is 8.84. The molecule has 7 nitrogen and oxygen atoms in total. The normalized spacial score (nSPS) is 11.6. The molecule has 1 atom stereocenters. The second-order valence-corrected chi connectivity index (χ2v) is 12.8. The van der Waals surface area contributed by atoms with Gasteiger partial charge in [-0.05, 0) is 22.8 Å². The van der Waals surface area contributed by atoms with Gasteiger partial charge in [0.05, 0.1) is 11.0 Å². The van der Waals surface area contributed by atoms with E-state index in [4.69, 9.17) is 16.4 Å². The number of benzene rings is 6. The van der Waals surface area contributed by atoms with Crippen molar-refractivity contribution >= 4 is 35.3 Å². The zero-order valence-electron chi connectivity index (χ0n) is 28.1. The first-order valence-electron chi connectivity index (χ1n) is 16.3. The number of hydrogen-bond donors (Lipinski definition) is 1. The molecular weight excluding hydrogens is 863 g/mol. The van der Waals surface area contributed by atoms with E-state index in [0.717, 1.165) is 44.1 Å². The summed E-state index contributed by atoms with van der Waals surface area (Å²) in [7, 11) is -2.42. The number of nitrogens with two attached hydrogens (primary N) is 1. The van der Waals surface area contributed by atoms with E-state index < -0.39 is 13.5 Å². The fourth-order valence-electron chi connectivity index (χ4n) is 5.83. The van der Waals surface area contributed by atoms with Gasteiger partial charge in [-0.3, -0.25) is 14.9 Å². The minimum Gasteiger partial charge on any atom is -0.302 e. The molecule has 0 fully saturated rings. The van der Waals surface area contributed by atoms with Crippen molar-refractivity contribution in [1.82, 2.24) is 19.5 Å². The smallest absolute Gasteiger partial charge is 0.238 e. The molecule has 0 aliphatic rings. The van der Waals surface area contributed by atoms with Crippen LogP contribution in [-0.4, -0.2) is 25.0 Å². The number of aromatic nitrogens is 4. The van der Waals surface area contributed by atoms with Crippen molar-refractivity contribution in [2.75, 3.05) is 0 Å². The Balaban J connectivity index is 0.000000511. The summed E-state index contributed by atoms with van der Waals surface area (Å²) in [6.07, 6.45) is 0. The fraction of sp³-hybridized carbons (Fsp3) is 0.0244. The first-order chi connectivity index (χ1) is 24.5. The number of fused-ring (bicyclic) bond motifs is 3. The number of rotatable bonds is 7. The second kappa shape index (κ2) is 15.7. The van der Waals surface area contributed by atoms with E-state index in [-0.39, 0.29) is 31.1 Å². The summed E-state index contributed by atoms with van der Waals surface area (Å²) < 4.78 is 18.4. The van der Waals surface area contributed by atoms with Crippen molar-refractivity contribution in [3.8, 4) is 51.0 Å². The Morgan fingerprint density at radius 2 is 1.06 bits per heavy atom. The van der Waals surface area contributed by atoms with Crippen LogP contribution >= 0.6 is 7.95 Å². The topological polar surface area (TPSA) is 104 Å². The molecule has 0 saturated carbocycles. The molecule has 0 aliphatic carbocycles. The molecule has 2 heterocycles. The van der Waals surface area contributed by atoms with Gasteiger partial charge in [0.2, 0.25) is 5.95 Å². The third kappa shape index (κ3) is 7.31. The van der Waals surface area contributed by atoms with Crippen molar-refractivity contribution in [2.45, 2.75) is 6.92 Å². The van der Waals surface area contributed by atoms with Crippen LogP contribution in [0.2, 0.25) is 1.41 Å². The molecule has 8 rings (SSSR count). The van der Waals surface area contributed by atoms with Crippen LogP contribution in [0.1, 0.15) is 6.92 Å². The molecule has 9 heteroatoms. The molecule has 6 aromatic carbocycles. The molecule has 0 spiro atoms. The molecule has 0 bridgehead atoms. The number of carbonyl (C=O) groups is 1. The van der Waals surface area contributed by atoms with Crippen LogP contribution in [0.3, 0.4) is 0 Å². The number of nitrogens with zero attached hydrogens (tertiary/aromatic N) is 4. The van der Waals surface area contributed by atoms with Crippen molar-refractivity contribution in [3.05, 3.63) is 158 Å². The summed E-state index contributed by atoms with van der Waals surface area (Å²) in [5, 5.41) is 2.31. The molecule has 0 radical (unpaired) electrons. The van der Waals surface area contributed by atoms with Gasteiger partial charge in [-0.2, -0.15) is 9.97 Å². The van der Waals surface area contributed by atoms with Crippen molar-refractivity contribution in [2.24, 2.45) is 5.50 Å². The van der Waals surface area contributed by atoms with E-state index in [9.17, 15) is 9.36 Å². The van der Waals surface area contributed by atoms with Crippen molar-refractivity contribution < 1.29 is 41.9 Å². The maximum absolute atomic E-state index is 10.0. The molecule has 2 N–H and O–H groups in total. The van der Waals surface area contributed by atoms with Crippen molar-refractivity contribution in [1.29, 1.82) is 0 Å². The van der Waals surface area contributed by atoms with Crippen LogP contribution in [0.25, 0.3) is 72.8 Å². The Bertz CT molecular complexity index is 2400. The first-order valence-corrected chi connectivity index (χ1v) is 17.2. The van der Waals surface area contributed by atoms with Gasteiger partial charge >= 0.3 is 0 Å². The average molecular weight is 897 g/mol. The largest absolute Gasteiger partial charge is 0.302 e. The van der Waals surface area contributed by atoms with Gasteiger partial charge in [-0.25, -0.2) is 4.98 Å². The Labute approximate surface area is 315 Å². The van der Waals surface area contributed by atoms with Crippen LogP contribution in [0, 0.1) is 31.1 Å². The molecule has 2 aromatic heterocycles. The molecule has 0 amide bonds. The summed E-state index contributed by atoms with van der Waals surface area (Å²) in [6.45, 7) is 1.18. The number of para-hydroxylation sites is 2. The van der Waals surface area contributed by atoms with E-state index >= 15 is 0 Å².